The molecule has 0 aliphatic rings. The molecule has 4 heteroatoms. The fourth-order valence-corrected chi connectivity index (χ4v) is 3.34. The maximum atomic E-state index is 11.4. The fraction of sp³-hybridized carbons (Fsp3) is 0.880. The monoisotopic (exact) mass is 412 g/mol. The summed E-state index contributed by atoms with van der Waals surface area (Å²) in [6.45, 7) is 3.66. The summed E-state index contributed by atoms with van der Waals surface area (Å²) in [6, 6.07) is 0. The first-order chi connectivity index (χ1) is 14.1. The van der Waals surface area contributed by atoms with Crippen LogP contribution in [0.25, 0.3) is 0 Å². The molecule has 0 rings (SSSR count). The van der Waals surface area contributed by atoms with E-state index in [1.54, 1.807) is 0 Å². The molecular weight excluding hydrogens is 364 g/mol. The molecule has 0 fully saturated rings. The Labute approximate surface area is 180 Å². The molecule has 0 saturated carbocycles. The lowest BCUT2D eigenvalue weighted by molar-refractivity contribution is -0.184. The van der Waals surface area contributed by atoms with Gasteiger partial charge in [-0.2, -0.15) is 0 Å². The molecule has 0 saturated heterocycles. The molecule has 0 radical (unpaired) electrons. The van der Waals surface area contributed by atoms with E-state index in [4.69, 9.17) is 9.84 Å². The summed E-state index contributed by atoms with van der Waals surface area (Å²) in [5.74, 6) is -0.431. The van der Waals surface area contributed by atoms with Crippen LogP contribution in [0.15, 0.2) is 12.2 Å². The summed E-state index contributed by atoms with van der Waals surface area (Å²) in [6.07, 6.45) is 24.1. The molecule has 0 spiro atoms. The maximum absolute atomic E-state index is 11.4. The van der Waals surface area contributed by atoms with E-state index < -0.39 is 18.4 Å². The molecule has 0 amide bonds. The normalized spacial score (nSPS) is 13.7. The predicted molar refractivity (Wildman–Crippen MR) is 122 cm³/mol. The Morgan fingerprint density at radius 1 is 0.724 bits per heavy atom. The van der Waals surface area contributed by atoms with Gasteiger partial charge in [0.1, 0.15) is 6.10 Å². The molecule has 4 nitrogen and oxygen atoms in total. The topological polar surface area (TPSA) is 66.8 Å². The number of esters is 1. The molecule has 2 N–H and O–H groups in total. The van der Waals surface area contributed by atoms with Gasteiger partial charge < -0.3 is 14.9 Å². The molecule has 0 bridgehead atoms. The molecule has 0 aromatic carbocycles. The zero-order valence-electron chi connectivity index (χ0n) is 19.2. The largest absolute Gasteiger partial charge is 0.433 e. The first-order valence-corrected chi connectivity index (χ1v) is 12.3. The Morgan fingerprint density at radius 3 is 1.59 bits per heavy atom. The zero-order valence-corrected chi connectivity index (χ0v) is 19.2. The Hall–Kier alpha value is -0.870. The second kappa shape index (κ2) is 21.8. The van der Waals surface area contributed by atoms with E-state index in [9.17, 15) is 9.90 Å². The van der Waals surface area contributed by atoms with Gasteiger partial charge in [-0.15, -0.1) is 0 Å². The van der Waals surface area contributed by atoms with Crippen LogP contribution in [0.4, 0.5) is 0 Å². The van der Waals surface area contributed by atoms with Gasteiger partial charge in [-0.1, -0.05) is 96.1 Å². The number of carbonyl (C=O) groups excluding carboxylic acids is 1. The van der Waals surface area contributed by atoms with Crippen molar-refractivity contribution in [1.29, 1.82) is 0 Å². The van der Waals surface area contributed by atoms with Gasteiger partial charge in [-0.25, -0.2) is 0 Å². The highest BCUT2D eigenvalue weighted by molar-refractivity contribution is 5.69. The third kappa shape index (κ3) is 21.7. The van der Waals surface area contributed by atoms with Crippen LogP contribution >= 0.6 is 0 Å². The Bertz CT molecular complexity index is 379. The first kappa shape index (κ1) is 28.1. The fourth-order valence-electron chi connectivity index (χ4n) is 3.34. The predicted octanol–water partition coefficient (Wildman–Crippen LogP) is 6.83. The molecule has 0 heterocycles. The molecule has 0 aromatic rings. The van der Waals surface area contributed by atoms with Crippen molar-refractivity contribution in [1.82, 2.24) is 0 Å². The van der Waals surface area contributed by atoms with Crippen LogP contribution in [0.3, 0.4) is 0 Å². The van der Waals surface area contributed by atoms with Crippen molar-refractivity contribution < 1.29 is 19.7 Å². The summed E-state index contributed by atoms with van der Waals surface area (Å²) in [7, 11) is 0. The number of rotatable bonds is 21. The quantitative estimate of drug-likeness (QED) is 0.0938. The SMILES string of the molecule is CCCCCCCC/C=C\CCCCCCCCCCCC(=O)OC(O)C(C)O. The zero-order chi connectivity index (χ0) is 21.6. The minimum Gasteiger partial charge on any atom is -0.433 e. The van der Waals surface area contributed by atoms with Crippen LogP contribution in [0.2, 0.25) is 0 Å². The number of unbranched alkanes of at least 4 members (excludes halogenated alkanes) is 15. The lowest BCUT2D eigenvalue weighted by Gasteiger charge is -2.14. The highest BCUT2D eigenvalue weighted by Gasteiger charge is 2.15. The van der Waals surface area contributed by atoms with Gasteiger partial charge in [-0.3, -0.25) is 4.79 Å². The molecule has 2 unspecified atom stereocenters. The van der Waals surface area contributed by atoms with Crippen LogP contribution < -0.4 is 0 Å². The average molecular weight is 413 g/mol. The van der Waals surface area contributed by atoms with Crippen molar-refractivity contribution in [3.63, 3.8) is 0 Å². The Kier molecular flexibility index (Phi) is 21.2. The molecule has 0 aliphatic heterocycles. The van der Waals surface area contributed by atoms with Crippen molar-refractivity contribution in [2.24, 2.45) is 0 Å². The van der Waals surface area contributed by atoms with Crippen molar-refractivity contribution >= 4 is 5.97 Å². The van der Waals surface area contributed by atoms with Crippen molar-refractivity contribution in [3.8, 4) is 0 Å². The Balaban J connectivity index is 3.22. The van der Waals surface area contributed by atoms with Gasteiger partial charge >= 0.3 is 5.97 Å². The van der Waals surface area contributed by atoms with Crippen molar-refractivity contribution in [2.75, 3.05) is 0 Å². The number of ether oxygens (including phenoxy) is 1. The molecule has 172 valence electrons. The summed E-state index contributed by atoms with van der Waals surface area (Å²) in [5.41, 5.74) is 0. The Morgan fingerprint density at radius 2 is 1.14 bits per heavy atom. The van der Waals surface area contributed by atoms with Crippen molar-refractivity contribution in [3.05, 3.63) is 12.2 Å². The summed E-state index contributed by atoms with van der Waals surface area (Å²) in [5, 5.41) is 18.3. The number of carbonyl (C=O) groups is 1. The van der Waals surface area contributed by atoms with E-state index in [0.717, 1.165) is 19.3 Å². The van der Waals surface area contributed by atoms with Crippen LogP contribution in [0.1, 0.15) is 129 Å². The molecule has 0 aliphatic carbocycles. The van der Waals surface area contributed by atoms with Crippen LogP contribution in [0.5, 0.6) is 0 Å². The number of hydrogen-bond donors (Lipinski definition) is 2. The van der Waals surface area contributed by atoms with Gasteiger partial charge in [0, 0.05) is 6.42 Å². The van der Waals surface area contributed by atoms with Crippen molar-refractivity contribution in [2.45, 2.75) is 142 Å². The number of allylic oxidation sites excluding steroid dienone is 2. The average Bonchev–Trinajstić information content (AvgIpc) is 2.69. The maximum Gasteiger partial charge on any atom is 0.308 e. The minimum atomic E-state index is -1.40. The second-order valence-corrected chi connectivity index (χ2v) is 8.37. The van der Waals surface area contributed by atoms with E-state index in [-0.39, 0.29) is 0 Å². The van der Waals surface area contributed by atoms with E-state index >= 15 is 0 Å². The third-order valence-corrected chi connectivity index (χ3v) is 5.31. The molecule has 2 atom stereocenters. The summed E-state index contributed by atoms with van der Waals surface area (Å²) < 4.78 is 4.71. The standard InChI is InChI=1S/C25H48O4/c1-3-4-5-6-7-8-9-10-11-12-13-14-15-16-17-18-19-20-21-22-24(27)29-25(28)23(2)26/h10-11,23,25-26,28H,3-9,12-22H2,1-2H3/b11-10-. The van der Waals surface area contributed by atoms with Gasteiger partial charge in [0.25, 0.3) is 0 Å². The van der Waals surface area contributed by atoms with Gasteiger partial charge in [-0.05, 0) is 39.0 Å². The van der Waals surface area contributed by atoms with Gasteiger partial charge in [0.15, 0.2) is 0 Å². The van der Waals surface area contributed by atoms with Gasteiger partial charge in [0.2, 0.25) is 6.29 Å². The second-order valence-electron chi connectivity index (χ2n) is 8.37. The van der Waals surface area contributed by atoms with Gasteiger partial charge in [0.05, 0.1) is 0 Å². The highest BCUT2D eigenvalue weighted by Crippen LogP contribution is 2.13. The number of aliphatic hydroxyl groups excluding tert-OH is 2. The van der Waals surface area contributed by atoms with E-state index in [0.29, 0.717) is 6.42 Å². The van der Waals surface area contributed by atoms with Crippen LogP contribution in [-0.2, 0) is 9.53 Å². The van der Waals surface area contributed by atoms with E-state index in [2.05, 4.69) is 19.1 Å². The lowest BCUT2D eigenvalue weighted by atomic mass is 10.1. The number of hydrogen-bond acceptors (Lipinski definition) is 4. The summed E-state index contributed by atoms with van der Waals surface area (Å²) >= 11 is 0. The molecular formula is C25H48O4. The lowest BCUT2D eigenvalue weighted by Crippen LogP contribution is -2.28. The number of aliphatic hydroxyl groups is 2. The first-order valence-electron chi connectivity index (χ1n) is 12.3. The smallest absolute Gasteiger partial charge is 0.308 e. The van der Waals surface area contributed by atoms with E-state index in [1.807, 2.05) is 0 Å². The third-order valence-electron chi connectivity index (χ3n) is 5.31. The van der Waals surface area contributed by atoms with Crippen LogP contribution in [-0.4, -0.2) is 28.6 Å². The van der Waals surface area contributed by atoms with Crippen LogP contribution in [0, 0.1) is 0 Å². The molecule has 29 heavy (non-hydrogen) atoms. The molecule has 0 aromatic heterocycles. The summed E-state index contributed by atoms with van der Waals surface area (Å²) in [4.78, 5) is 11.4. The van der Waals surface area contributed by atoms with E-state index in [1.165, 1.54) is 96.8 Å². The minimum absolute atomic E-state index is 0.316. The highest BCUT2D eigenvalue weighted by atomic mass is 16.6.